The van der Waals surface area contributed by atoms with Crippen LogP contribution in [-0.4, -0.2) is 35.4 Å². The van der Waals surface area contributed by atoms with Crippen molar-refractivity contribution >= 4 is 23.1 Å². The second-order valence-electron chi connectivity index (χ2n) is 4.16. The van der Waals surface area contributed by atoms with Crippen molar-refractivity contribution in [3.8, 4) is 0 Å². The Kier molecular flexibility index (Phi) is 5.74. The van der Waals surface area contributed by atoms with Crippen molar-refractivity contribution in [1.82, 2.24) is 4.90 Å². The maximum absolute atomic E-state index is 11.0. The van der Waals surface area contributed by atoms with Gasteiger partial charge in [0.15, 0.2) is 0 Å². The van der Waals surface area contributed by atoms with Gasteiger partial charge < -0.3 is 11.5 Å². The van der Waals surface area contributed by atoms with Crippen molar-refractivity contribution in [3.05, 3.63) is 35.9 Å². The second-order valence-corrected chi connectivity index (χ2v) is 4.63. The Morgan fingerprint density at radius 1 is 1.33 bits per heavy atom. The van der Waals surface area contributed by atoms with Crippen LogP contribution in [0.25, 0.3) is 0 Å². The fourth-order valence-corrected chi connectivity index (χ4v) is 2.04. The van der Waals surface area contributed by atoms with Gasteiger partial charge in [0.2, 0.25) is 5.91 Å². The molecule has 98 valence electrons. The topological polar surface area (TPSA) is 72.3 Å². The van der Waals surface area contributed by atoms with Crippen molar-refractivity contribution in [2.24, 2.45) is 11.5 Å². The molecule has 0 aliphatic carbocycles. The third-order valence-electron chi connectivity index (χ3n) is 2.81. The third-order valence-corrected chi connectivity index (χ3v) is 3.10. The minimum Gasteiger partial charge on any atom is -0.393 e. The van der Waals surface area contributed by atoms with Gasteiger partial charge in [0.1, 0.15) is 0 Å². The summed E-state index contributed by atoms with van der Waals surface area (Å²) in [7, 11) is 0. The molecule has 4 nitrogen and oxygen atoms in total. The first-order valence-electron chi connectivity index (χ1n) is 5.89. The number of nitrogens with zero attached hydrogens (tertiary/aromatic N) is 1. The van der Waals surface area contributed by atoms with Crippen molar-refractivity contribution in [3.63, 3.8) is 0 Å². The number of hydrogen-bond acceptors (Lipinski definition) is 3. The molecular formula is C13H19N3OS. The molecule has 1 aromatic rings. The third kappa shape index (κ3) is 4.43. The molecule has 0 aliphatic rings. The minimum atomic E-state index is -0.341. The Hall–Kier alpha value is -1.46. The van der Waals surface area contributed by atoms with Gasteiger partial charge >= 0.3 is 0 Å². The van der Waals surface area contributed by atoms with Crippen LogP contribution in [-0.2, 0) is 4.79 Å². The molecule has 0 bridgehead atoms. The van der Waals surface area contributed by atoms with E-state index in [1.54, 1.807) is 0 Å². The first-order chi connectivity index (χ1) is 8.54. The molecule has 0 radical (unpaired) electrons. The number of amides is 1. The van der Waals surface area contributed by atoms with Gasteiger partial charge in [-0.1, -0.05) is 49.5 Å². The molecule has 0 saturated heterocycles. The predicted octanol–water partition coefficient (Wildman–Crippen LogP) is 0.864. The normalized spacial score (nSPS) is 12.3. The van der Waals surface area contributed by atoms with E-state index in [0.29, 0.717) is 11.5 Å². The molecule has 5 heteroatoms. The molecule has 0 spiro atoms. The van der Waals surface area contributed by atoms with E-state index in [-0.39, 0.29) is 18.4 Å². The molecule has 1 atom stereocenters. The Morgan fingerprint density at radius 2 is 1.94 bits per heavy atom. The van der Waals surface area contributed by atoms with E-state index in [1.165, 1.54) is 0 Å². The highest BCUT2D eigenvalue weighted by atomic mass is 32.1. The Balaban J connectivity index is 2.80. The van der Waals surface area contributed by atoms with Gasteiger partial charge in [-0.2, -0.15) is 0 Å². The van der Waals surface area contributed by atoms with Crippen LogP contribution in [0.1, 0.15) is 18.4 Å². The first-order valence-corrected chi connectivity index (χ1v) is 6.30. The number of rotatable bonds is 7. The summed E-state index contributed by atoms with van der Waals surface area (Å²) in [5.41, 5.74) is 12.1. The lowest BCUT2D eigenvalue weighted by atomic mass is 9.98. The average molecular weight is 265 g/mol. The quantitative estimate of drug-likeness (QED) is 0.717. The smallest absolute Gasteiger partial charge is 0.231 e. The number of carbonyl (C=O) groups is 1. The predicted molar refractivity (Wildman–Crippen MR) is 77.3 cm³/mol. The van der Waals surface area contributed by atoms with E-state index in [0.717, 1.165) is 12.1 Å². The number of thiocarbonyl (C=S) groups is 1. The number of nitrogens with two attached hydrogens (primary N) is 2. The Morgan fingerprint density at radius 3 is 2.39 bits per heavy atom. The van der Waals surface area contributed by atoms with Gasteiger partial charge in [0, 0.05) is 12.5 Å². The van der Waals surface area contributed by atoms with Crippen LogP contribution in [0.4, 0.5) is 0 Å². The molecule has 0 fully saturated rings. The van der Waals surface area contributed by atoms with Gasteiger partial charge in [-0.25, -0.2) is 0 Å². The van der Waals surface area contributed by atoms with E-state index in [4.69, 9.17) is 23.7 Å². The number of hydrogen-bond donors (Lipinski definition) is 2. The molecule has 1 unspecified atom stereocenters. The van der Waals surface area contributed by atoms with Crippen LogP contribution >= 0.6 is 12.2 Å². The Bertz CT molecular complexity index is 408. The lowest BCUT2D eigenvalue weighted by molar-refractivity contribution is -0.119. The van der Waals surface area contributed by atoms with E-state index in [1.807, 2.05) is 42.2 Å². The summed E-state index contributed by atoms with van der Waals surface area (Å²) in [6.07, 6.45) is 0. The number of benzene rings is 1. The molecule has 1 amide bonds. The molecule has 0 heterocycles. The Labute approximate surface area is 113 Å². The van der Waals surface area contributed by atoms with Crippen molar-refractivity contribution in [1.29, 1.82) is 0 Å². The SMILES string of the molecule is CCN(CC(N)=O)CC(C(N)=S)c1ccccc1. The van der Waals surface area contributed by atoms with Crippen LogP contribution in [0.2, 0.25) is 0 Å². The van der Waals surface area contributed by atoms with Gasteiger partial charge in [-0.15, -0.1) is 0 Å². The van der Waals surface area contributed by atoms with Crippen LogP contribution in [0.3, 0.4) is 0 Å². The summed E-state index contributed by atoms with van der Waals surface area (Å²) < 4.78 is 0. The van der Waals surface area contributed by atoms with E-state index in [9.17, 15) is 4.79 Å². The minimum absolute atomic E-state index is 0.0551. The van der Waals surface area contributed by atoms with Crippen LogP contribution < -0.4 is 11.5 Å². The number of primary amides is 1. The summed E-state index contributed by atoms with van der Waals surface area (Å²) in [5, 5.41) is 0. The molecule has 0 aromatic heterocycles. The molecule has 0 aliphatic heterocycles. The summed E-state index contributed by atoms with van der Waals surface area (Å²) in [5.74, 6) is -0.396. The van der Waals surface area contributed by atoms with Crippen molar-refractivity contribution in [2.45, 2.75) is 12.8 Å². The van der Waals surface area contributed by atoms with Gasteiger partial charge in [-0.05, 0) is 12.1 Å². The molecular weight excluding hydrogens is 246 g/mol. The van der Waals surface area contributed by atoms with Crippen LogP contribution in [0.15, 0.2) is 30.3 Å². The lowest BCUT2D eigenvalue weighted by Crippen LogP contribution is -2.39. The second kappa shape index (κ2) is 7.08. The molecule has 4 N–H and O–H groups in total. The maximum Gasteiger partial charge on any atom is 0.231 e. The lowest BCUT2D eigenvalue weighted by Gasteiger charge is -2.25. The number of likely N-dealkylation sites (N-methyl/N-ethyl adjacent to an activating group) is 1. The van der Waals surface area contributed by atoms with Crippen LogP contribution in [0, 0.1) is 0 Å². The molecule has 1 aromatic carbocycles. The highest BCUT2D eigenvalue weighted by Crippen LogP contribution is 2.17. The summed E-state index contributed by atoms with van der Waals surface area (Å²) >= 11 is 5.11. The first kappa shape index (κ1) is 14.6. The largest absolute Gasteiger partial charge is 0.393 e. The zero-order valence-corrected chi connectivity index (χ0v) is 11.3. The van der Waals surface area contributed by atoms with Gasteiger partial charge in [0.05, 0.1) is 11.5 Å². The van der Waals surface area contributed by atoms with Crippen LogP contribution in [0.5, 0.6) is 0 Å². The zero-order valence-electron chi connectivity index (χ0n) is 10.5. The summed E-state index contributed by atoms with van der Waals surface area (Å²) in [6, 6.07) is 9.82. The number of carbonyl (C=O) groups excluding carboxylic acids is 1. The average Bonchev–Trinajstić information content (AvgIpc) is 2.34. The zero-order chi connectivity index (χ0) is 13.5. The summed E-state index contributed by atoms with van der Waals surface area (Å²) in [4.78, 5) is 13.4. The van der Waals surface area contributed by atoms with E-state index < -0.39 is 0 Å². The standard InChI is InChI=1S/C13H19N3OS/c1-2-16(9-12(14)17)8-11(13(15)18)10-6-4-3-5-7-10/h3-7,11H,2,8-9H2,1H3,(H2,14,17)(H2,15,18). The van der Waals surface area contributed by atoms with Gasteiger partial charge in [-0.3, -0.25) is 9.69 Å². The maximum atomic E-state index is 11.0. The van der Waals surface area contributed by atoms with Gasteiger partial charge in [0.25, 0.3) is 0 Å². The van der Waals surface area contributed by atoms with E-state index in [2.05, 4.69) is 0 Å². The highest BCUT2D eigenvalue weighted by molar-refractivity contribution is 7.80. The van der Waals surface area contributed by atoms with Crippen molar-refractivity contribution in [2.75, 3.05) is 19.6 Å². The summed E-state index contributed by atoms with van der Waals surface area (Å²) in [6.45, 7) is 3.54. The monoisotopic (exact) mass is 265 g/mol. The van der Waals surface area contributed by atoms with E-state index >= 15 is 0 Å². The fraction of sp³-hybridized carbons (Fsp3) is 0.385. The fourth-order valence-electron chi connectivity index (χ4n) is 1.83. The molecule has 1 rings (SSSR count). The molecule has 0 saturated carbocycles. The molecule has 18 heavy (non-hydrogen) atoms. The highest BCUT2D eigenvalue weighted by Gasteiger charge is 2.18. The van der Waals surface area contributed by atoms with Crippen molar-refractivity contribution < 1.29 is 4.79 Å².